The number of carbonyl (C=O) groups excluding carboxylic acids is 2. The molecule has 0 aliphatic carbocycles. The first-order valence-corrected chi connectivity index (χ1v) is 9.86. The molecule has 2 N–H and O–H groups in total. The molecule has 2 amide bonds. The van der Waals surface area contributed by atoms with E-state index in [-0.39, 0.29) is 18.2 Å². The molecule has 4 nitrogen and oxygen atoms in total. The first-order chi connectivity index (χ1) is 13.5. The fourth-order valence-corrected chi connectivity index (χ4v) is 3.37. The fraction of sp³-hybridized carbons (Fsp3) is 0.0909. The van der Waals surface area contributed by atoms with E-state index in [1.54, 1.807) is 24.3 Å². The summed E-state index contributed by atoms with van der Waals surface area (Å²) >= 11 is 9.55. The molecule has 28 heavy (non-hydrogen) atoms. The van der Waals surface area contributed by atoms with E-state index in [1.807, 2.05) is 54.6 Å². The standard InChI is InChI=1S/C22H18BrClN2O2/c23-17-11-5-7-13-19(17)25-21(27)14-20(15-8-2-1-3-9-15)26-22(28)16-10-4-6-12-18(16)24/h1-13,20H,14H2,(H,25,27)(H,26,28). The SMILES string of the molecule is O=C(CC(NC(=O)c1ccccc1Cl)c1ccccc1)Nc1ccccc1Br. The highest BCUT2D eigenvalue weighted by atomic mass is 79.9. The van der Waals surface area contributed by atoms with Crippen LogP contribution in [0.1, 0.15) is 28.4 Å². The van der Waals surface area contributed by atoms with E-state index in [4.69, 9.17) is 11.6 Å². The van der Waals surface area contributed by atoms with E-state index in [9.17, 15) is 9.59 Å². The number of hydrogen-bond acceptors (Lipinski definition) is 2. The lowest BCUT2D eigenvalue weighted by Crippen LogP contribution is -2.31. The summed E-state index contributed by atoms with van der Waals surface area (Å²) in [7, 11) is 0. The Balaban J connectivity index is 1.78. The van der Waals surface area contributed by atoms with Gasteiger partial charge in [0.1, 0.15) is 0 Å². The van der Waals surface area contributed by atoms with Crippen molar-refractivity contribution in [2.75, 3.05) is 5.32 Å². The zero-order valence-corrected chi connectivity index (χ0v) is 17.2. The Kier molecular flexibility index (Phi) is 6.85. The van der Waals surface area contributed by atoms with Crippen LogP contribution in [0.5, 0.6) is 0 Å². The average molecular weight is 458 g/mol. The van der Waals surface area contributed by atoms with Crippen LogP contribution >= 0.6 is 27.5 Å². The van der Waals surface area contributed by atoms with Crippen molar-refractivity contribution in [3.05, 3.63) is 99.5 Å². The summed E-state index contributed by atoms with van der Waals surface area (Å²) in [5.41, 5.74) is 1.89. The average Bonchev–Trinajstić information content (AvgIpc) is 2.70. The highest BCUT2D eigenvalue weighted by Crippen LogP contribution is 2.24. The van der Waals surface area contributed by atoms with Crippen molar-refractivity contribution >= 4 is 45.0 Å². The minimum atomic E-state index is -0.493. The van der Waals surface area contributed by atoms with Crippen molar-refractivity contribution < 1.29 is 9.59 Å². The molecule has 0 saturated heterocycles. The number of benzene rings is 3. The number of rotatable bonds is 6. The first kappa shape index (κ1) is 20.1. The highest BCUT2D eigenvalue weighted by molar-refractivity contribution is 9.10. The lowest BCUT2D eigenvalue weighted by molar-refractivity contribution is -0.116. The Morgan fingerprint density at radius 1 is 0.893 bits per heavy atom. The van der Waals surface area contributed by atoms with Gasteiger partial charge in [0.2, 0.25) is 5.91 Å². The van der Waals surface area contributed by atoms with Crippen molar-refractivity contribution in [2.24, 2.45) is 0 Å². The summed E-state index contributed by atoms with van der Waals surface area (Å²) in [5, 5.41) is 6.16. The van der Waals surface area contributed by atoms with Gasteiger partial charge in [0, 0.05) is 4.47 Å². The Bertz CT molecular complexity index is 979. The van der Waals surface area contributed by atoms with Crippen LogP contribution in [0.25, 0.3) is 0 Å². The molecule has 0 fully saturated rings. The van der Waals surface area contributed by atoms with Crippen LogP contribution in [0, 0.1) is 0 Å². The predicted molar refractivity (Wildman–Crippen MR) is 115 cm³/mol. The topological polar surface area (TPSA) is 58.2 Å². The molecule has 3 aromatic rings. The predicted octanol–water partition coefficient (Wildman–Crippen LogP) is 5.60. The van der Waals surface area contributed by atoms with Gasteiger partial charge in [-0.1, -0.05) is 66.2 Å². The van der Waals surface area contributed by atoms with Crippen molar-refractivity contribution in [3.63, 3.8) is 0 Å². The third kappa shape index (κ3) is 5.21. The molecule has 3 aromatic carbocycles. The second-order valence-electron chi connectivity index (χ2n) is 6.15. The highest BCUT2D eigenvalue weighted by Gasteiger charge is 2.20. The van der Waals surface area contributed by atoms with E-state index in [2.05, 4.69) is 26.6 Å². The van der Waals surface area contributed by atoms with Crippen molar-refractivity contribution in [2.45, 2.75) is 12.5 Å². The Morgan fingerprint density at radius 3 is 2.25 bits per heavy atom. The maximum atomic E-state index is 12.7. The number of anilines is 1. The minimum absolute atomic E-state index is 0.0849. The third-order valence-electron chi connectivity index (χ3n) is 4.16. The molecule has 1 atom stereocenters. The van der Waals surface area contributed by atoms with Gasteiger partial charge in [-0.3, -0.25) is 9.59 Å². The van der Waals surface area contributed by atoms with Gasteiger partial charge in [0.25, 0.3) is 5.91 Å². The zero-order chi connectivity index (χ0) is 19.9. The Hall–Kier alpha value is -2.63. The molecule has 0 aliphatic rings. The lowest BCUT2D eigenvalue weighted by atomic mass is 10.0. The van der Waals surface area contributed by atoms with Gasteiger partial charge in [-0.05, 0) is 45.8 Å². The van der Waals surface area contributed by atoms with E-state index >= 15 is 0 Å². The largest absolute Gasteiger partial charge is 0.345 e. The molecule has 1 unspecified atom stereocenters. The van der Waals surface area contributed by atoms with Gasteiger partial charge in [0.05, 0.1) is 28.7 Å². The van der Waals surface area contributed by atoms with Gasteiger partial charge in [0.15, 0.2) is 0 Å². The van der Waals surface area contributed by atoms with Gasteiger partial charge >= 0.3 is 0 Å². The maximum absolute atomic E-state index is 12.7. The number of hydrogen-bond donors (Lipinski definition) is 2. The summed E-state index contributed by atoms with van der Waals surface area (Å²) in [6.07, 6.45) is 0.0849. The molecule has 0 aliphatic heterocycles. The van der Waals surface area contributed by atoms with Gasteiger partial charge in [-0.15, -0.1) is 0 Å². The third-order valence-corrected chi connectivity index (χ3v) is 5.18. The summed E-state index contributed by atoms with van der Waals surface area (Å²) in [4.78, 5) is 25.3. The van der Waals surface area contributed by atoms with Crippen LogP contribution in [0.15, 0.2) is 83.3 Å². The second-order valence-corrected chi connectivity index (χ2v) is 7.41. The minimum Gasteiger partial charge on any atom is -0.345 e. The van der Waals surface area contributed by atoms with Crippen LogP contribution < -0.4 is 10.6 Å². The molecule has 0 radical (unpaired) electrons. The lowest BCUT2D eigenvalue weighted by Gasteiger charge is -2.20. The smallest absolute Gasteiger partial charge is 0.253 e. The number of amides is 2. The number of halogens is 2. The van der Waals surface area contributed by atoms with E-state index in [0.29, 0.717) is 16.3 Å². The maximum Gasteiger partial charge on any atom is 0.253 e. The van der Waals surface area contributed by atoms with Crippen LogP contribution in [-0.2, 0) is 4.79 Å². The van der Waals surface area contributed by atoms with Crippen LogP contribution in [-0.4, -0.2) is 11.8 Å². The summed E-state index contributed by atoms with van der Waals surface area (Å²) < 4.78 is 0.791. The van der Waals surface area contributed by atoms with Crippen LogP contribution in [0.3, 0.4) is 0 Å². The van der Waals surface area contributed by atoms with Crippen molar-refractivity contribution in [3.8, 4) is 0 Å². The van der Waals surface area contributed by atoms with E-state index < -0.39 is 6.04 Å². The number of nitrogens with one attached hydrogen (secondary N) is 2. The molecule has 142 valence electrons. The second kappa shape index (κ2) is 9.53. The molecule has 0 heterocycles. The normalized spacial score (nSPS) is 11.5. The molecule has 0 bridgehead atoms. The summed E-state index contributed by atoms with van der Waals surface area (Å²) in [6.45, 7) is 0. The van der Waals surface area contributed by atoms with E-state index in [0.717, 1.165) is 10.0 Å². The van der Waals surface area contributed by atoms with Gasteiger partial charge in [-0.2, -0.15) is 0 Å². The summed E-state index contributed by atoms with van der Waals surface area (Å²) in [5.74, 6) is -0.534. The van der Waals surface area contributed by atoms with Crippen LogP contribution in [0.2, 0.25) is 5.02 Å². The Labute approximate surface area is 177 Å². The zero-order valence-electron chi connectivity index (χ0n) is 14.9. The molecule has 0 spiro atoms. The quantitative estimate of drug-likeness (QED) is 0.506. The molecular formula is C22H18BrClN2O2. The van der Waals surface area contributed by atoms with Gasteiger partial charge in [-0.25, -0.2) is 0 Å². The molecule has 3 rings (SSSR count). The number of carbonyl (C=O) groups is 2. The van der Waals surface area contributed by atoms with Gasteiger partial charge < -0.3 is 10.6 Å². The summed E-state index contributed by atoms with van der Waals surface area (Å²) in [6, 6.07) is 23.1. The van der Waals surface area contributed by atoms with Crippen LogP contribution in [0.4, 0.5) is 5.69 Å². The monoisotopic (exact) mass is 456 g/mol. The molecule has 0 saturated carbocycles. The van der Waals surface area contributed by atoms with E-state index in [1.165, 1.54) is 0 Å². The first-order valence-electron chi connectivity index (χ1n) is 8.69. The van der Waals surface area contributed by atoms with Crippen molar-refractivity contribution in [1.82, 2.24) is 5.32 Å². The van der Waals surface area contributed by atoms with Crippen molar-refractivity contribution in [1.29, 1.82) is 0 Å². The molecular weight excluding hydrogens is 440 g/mol. The molecule has 0 aromatic heterocycles. The fourth-order valence-electron chi connectivity index (χ4n) is 2.77. The number of para-hydroxylation sites is 1. The molecule has 6 heteroatoms. The Morgan fingerprint density at radius 2 is 1.54 bits per heavy atom.